The lowest BCUT2D eigenvalue weighted by Crippen LogP contribution is -2.29. The summed E-state index contributed by atoms with van der Waals surface area (Å²) >= 11 is 1.77. The molecule has 0 radical (unpaired) electrons. The van der Waals surface area contributed by atoms with Gasteiger partial charge in [-0.3, -0.25) is 10.1 Å². The molecule has 0 aliphatic heterocycles. The molecule has 0 atom stereocenters. The molecular weight excluding hydrogens is 374 g/mol. The predicted octanol–water partition coefficient (Wildman–Crippen LogP) is 4.72. The summed E-state index contributed by atoms with van der Waals surface area (Å²) in [6.07, 6.45) is 5.87. The second-order valence-electron chi connectivity index (χ2n) is 5.77. The van der Waals surface area contributed by atoms with E-state index in [0.29, 0.717) is 6.54 Å². The molecule has 0 unspecified atom stereocenters. The molecule has 0 saturated heterocycles. The van der Waals surface area contributed by atoms with Crippen LogP contribution >= 0.6 is 22.6 Å². The number of anilines is 1. The van der Waals surface area contributed by atoms with Crippen molar-refractivity contribution in [3.05, 3.63) is 31.6 Å². The lowest BCUT2D eigenvalue weighted by atomic mass is 9.76. The highest BCUT2D eigenvalue weighted by Gasteiger charge is 2.27. The second-order valence-corrected chi connectivity index (χ2v) is 6.93. The van der Waals surface area contributed by atoms with Crippen LogP contribution < -0.4 is 5.32 Å². The first-order chi connectivity index (χ1) is 9.41. The van der Waals surface area contributed by atoms with Crippen molar-refractivity contribution in [3.63, 3.8) is 0 Å². The normalized spacial score (nSPS) is 17.8. The van der Waals surface area contributed by atoms with Gasteiger partial charge in [0.05, 0.1) is 8.49 Å². The average molecular weight is 392 g/mol. The number of nitro benzene ring substituents is 1. The zero-order valence-electron chi connectivity index (χ0n) is 11.4. The molecule has 1 N–H and O–H groups in total. The number of hydrogen-bond donors (Lipinski definition) is 1. The first-order valence-corrected chi connectivity index (χ1v) is 7.86. The van der Waals surface area contributed by atoms with Crippen molar-refractivity contribution in [2.75, 3.05) is 11.9 Å². The van der Waals surface area contributed by atoms with Gasteiger partial charge in [-0.2, -0.15) is 0 Å². The van der Waals surface area contributed by atoms with Crippen molar-refractivity contribution >= 4 is 34.0 Å². The van der Waals surface area contributed by atoms with E-state index in [0.717, 1.165) is 12.8 Å². The summed E-state index contributed by atoms with van der Waals surface area (Å²) in [5, 5.41) is 14.1. The van der Waals surface area contributed by atoms with E-state index in [-0.39, 0.29) is 20.4 Å². The van der Waals surface area contributed by atoms with Crippen LogP contribution in [0, 0.1) is 24.9 Å². The Kier molecular flexibility index (Phi) is 4.82. The molecular formula is C14H18FIN2O2. The van der Waals surface area contributed by atoms with Gasteiger partial charge in [0, 0.05) is 18.7 Å². The van der Waals surface area contributed by atoms with Crippen LogP contribution in [-0.4, -0.2) is 11.5 Å². The quantitative estimate of drug-likeness (QED) is 0.458. The van der Waals surface area contributed by atoms with E-state index in [1.165, 1.54) is 31.4 Å². The fourth-order valence-electron chi connectivity index (χ4n) is 2.72. The molecule has 0 heterocycles. The van der Waals surface area contributed by atoms with Crippen LogP contribution in [0.1, 0.15) is 39.0 Å². The smallest absolute Gasteiger partial charge is 0.293 e. The first kappa shape index (κ1) is 15.5. The Hall–Kier alpha value is -0.920. The fraction of sp³-hybridized carbons (Fsp3) is 0.571. The third-order valence-corrected chi connectivity index (χ3v) is 4.83. The monoisotopic (exact) mass is 392 g/mol. The van der Waals surface area contributed by atoms with Gasteiger partial charge in [0.2, 0.25) is 0 Å². The van der Waals surface area contributed by atoms with E-state index >= 15 is 0 Å². The minimum atomic E-state index is -0.465. The van der Waals surface area contributed by atoms with Crippen LogP contribution in [0.3, 0.4) is 0 Å². The zero-order chi connectivity index (χ0) is 14.8. The van der Waals surface area contributed by atoms with Crippen molar-refractivity contribution < 1.29 is 9.31 Å². The van der Waals surface area contributed by atoms with Crippen molar-refractivity contribution in [1.29, 1.82) is 0 Å². The summed E-state index contributed by atoms with van der Waals surface area (Å²) in [4.78, 5) is 10.6. The fourth-order valence-corrected chi connectivity index (χ4v) is 3.17. The minimum absolute atomic E-state index is 0.0600. The van der Waals surface area contributed by atoms with E-state index < -0.39 is 10.7 Å². The number of nitrogens with zero attached hydrogens (tertiary/aromatic N) is 1. The van der Waals surface area contributed by atoms with Gasteiger partial charge in [-0.05, 0) is 40.8 Å². The van der Waals surface area contributed by atoms with Gasteiger partial charge in [-0.25, -0.2) is 4.39 Å². The summed E-state index contributed by atoms with van der Waals surface area (Å²) in [5.41, 5.74) is 0.362. The standard InChI is InChI=1S/C14H18FIN2O2/c1-14(5-3-2-4-6-14)9-17-12-7-10(15)11(16)8-13(12)18(19)20/h7-8,17H,2-6,9H2,1H3. The Bertz CT molecular complexity index is 516. The molecule has 1 fully saturated rings. The predicted molar refractivity (Wildman–Crippen MR) is 85.5 cm³/mol. The van der Waals surface area contributed by atoms with Crippen LogP contribution in [0.15, 0.2) is 12.1 Å². The summed E-state index contributed by atoms with van der Waals surface area (Å²) in [6, 6.07) is 2.51. The molecule has 2 rings (SSSR count). The Morgan fingerprint density at radius 1 is 1.40 bits per heavy atom. The van der Waals surface area contributed by atoms with Crippen LogP contribution in [0.2, 0.25) is 0 Å². The van der Waals surface area contributed by atoms with Crippen LogP contribution in [0.25, 0.3) is 0 Å². The Morgan fingerprint density at radius 3 is 2.65 bits per heavy atom. The molecule has 0 aromatic heterocycles. The van der Waals surface area contributed by atoms with Gasteiger partial charge < -0.3 is 5.32 Å². The molecule has 0 bridgehead atoms. The molecule has 20 heavy (non-hydrogen) atoms. The number of nitrogens with one attached hydrogen (secondary N) is 1. The zero-order valence-corrected chi connectivity index (χ0v) is 13.6. The number of benzene rings is 1. The Labute approximate surface area is 131 Å². The highest BCUT2D eigenvalue weighted by molar-refractivity contribution is 14.1. The molecule has 110 valence electrons. The molecule has 1 aliphatic rings. The topological polar surface area (TPSA) is 55.2 Å². The molecule has 1 aromatic carbocycles. The van der Waals surface area contributed by atoms with Gasteiger partial charge in [0.15, 0.2) is 0 Å². The lowest BCUT2D eigenvalue weighted by Gasteiger charge is -2.33. The van der Waals surface area contributed by atoms with Gasteiger partial charge in [-0.1, -0.05) is 26.2 Å². The maximum absolute atomic E-state index is 13.6. The summed E-state index contributed by atoms with van der Waals surface area (Å²) in [6.45, 7) is 2.84. The first-order valence-electron chi connectivity index (χ1n) is 6.79. The SMILES string of the molecule is CC1(CNc2cc(F)c(I)cc2[N+](=O)[O-])CCCCC1. The van der Waals surface area contributed by atoms with E-state index in [1.54, 1.807) is 22.6 Å². The molecule has 0 spiro atoms. The molecule has 1 aliphatic carbocycles. The van der Waals surface area contributed by atoms with Crippen molar-refractivity contribution in [2.45, 2.75) is 39.0 Å². The number of halogens is 2. The van der Waals surface area contributed by atoms with Gasteiger partial charge >= 0.3 is 0 Å². The summed E-state index contributed by atoms with van der Waals surface area (Å²) < 4.78 is 13.9. The number of nitro groups is 1. The Morgan fingerprint density at radius 2 is 2.05 bits per heavy atom. The highest BCUT2D eigenvalue weighted by atomic mass is 127. The van der Waals surface area contributed by atoms with Gasteiger partial charge in [0.1, 0.15) is 11.5 Å². The maximum atomic E-state index is 13.6. The Balaban J connectivity index is 2.16. The largest absolute Gasteiger partial charge is 0.379 e. The molecule has 1 saturated carbocycles. The number of rotatable bonds is 4. The summed E-state index contributed by atoms with van der Waals surface area (Å²) in [7, 11) is 0. The third kappa shape index (κ3) is 3.59. The molecule has 0 amide bonds. The van der Waals surface area contributed by atoms with E-state index in [4.69, 9.17) is 0 Å². The van der Waals surface area contributed by atoms with E-state index in [2.05, 4.69) is 12.2 Å². The second kappa shape index (κ2) is 6.24. The van der Waals surface area contributed by atoms with E-state index in [1.807, 2.05) is 0 Å². The number of hydrogen-bond acceptors (Lipinski definition) is 3. The third-order valence-electron chi connectivity index (χ3n) is 4.00. The van der Waals surface area contributed by atoms with E-state index in [9.17, 15) is 14.5 Å². The molecule has 4 nitrogen and oxygen atoms in total. The van der Waals surface area contributed by atoms with Gasteiger partial charge in [-0.15, -0.1) is 0 Å². The van der Waals surface area contributed by atoms with Crippen LogP contribution in [-0.2, 0) is 0 Å². The highest BCUT2D eigenvalue weighted by Crippen LogP contribution is 2.37. The minimum Gasteiger partial charge on any atom is -0.379 e. The average Bonchev–Trinajstić information content (AvgIpc) is 2.40. The van der Waals surface area contributed by atoms with Gasteiger partial charge in [0.25, 0.3) is 5.69 Å². The maximum Gasteiger partial charge on any atom is 0.293 e. The van der Waals surface area contributed by atoms with Crippen molar-refractivity contribution in [2.24, 2.45) is 5.41 Å². The van der Waals surface area contributed by atoms with Crippen LogP contribution in [0.4, 0.5) is 15.8 Å². The summed E-state index contributed by atoms with van der Waals surface area (Å²) in [5.74, 6) is -0.424. The lowest BCUT2D eigenvalue weighted by molar-refractivity contribution is -0.384. The van der Waals surface area contributed by atoms with Crippen LogP contribution in [0.5, 0.6) is 0 Å². The van der Waals surface area contributed by atoms with Crippen molar-refractivity contribution in [1.82, 2.24) is 0 Å². The molecule has 1 aromatic rings. The van der Waals surface area contributed by atoms with Crippen molar-refractivity contribution in [3.8, 4) is 0 Å². The molecule has 6 heteroatoms.